The lowest BCUT2D eigenvalue weighted by Gasteiger charge is -2.42. The highest BCUT2D eigenvalue weighted by Crippen LogP contribution is 2.42. The normalized spacial score (nSPS) is 18.9. The van der Waals surface area contributed by atoms with Crippen molar-refractivity contribution in [1.82, 2.24) is 0 Å². The molecule has 1 amide bonds. The van der Waals surface area contributed by atoms with Crippen LogP contribution in [0.1, 0.15) is 22.7 Å². The Morgan fingerprint density at radius 1 is 1.19 bits per heavy atom. The van der Waals surface area contributed by atoms with Gasteiger partial charge in [0.15, 0.2) is 0 Å². The number of anilines is 2. The van der Waals surface area contributed by atoms with E-state index < -0.39 is 0 Å². The molecule has 21 heavy (non-hydrogen) atoms. The van der Waals surface area contributed by atoms with Crippen molar-refractivity contribution in [3.05, 3.63) is 59.2 Å². The average molecular weight is 275 g/mol. The first-order chi connectivity index (χ1) is 10.3. The number of hydrogen-bond donors (Lipinski definition) is 1. The van der Waals surface area contributed by atoms with Crippen molar-refractivity contribution in [2.45, 2.75) is 12.5 Å². The van der Waals surface area contributed by atoms with Gasteiger partial charge in [0, 0.05) is 6.54 Å². The summed E-state index contributed by atoms with van der Waals surface area (Å²) >= 11 is 0. The summed E-state index contributed by atoms with van der Waals surface area (Å²) in [5.74, 6) is -0.0580. The number of nitrogens with zero attached hydrogens (tertiary/aromatic N) is 2. The van der Waals surface area contributed by atoms with Gasteiger partial charge in [-0.2, -0.15) is 5.26 Å². The number of nitrogens with one attached hydrogen (secondary N) is 1. The molecule has 4 heteroatoms. The first-order valence-corrected chi connectivity index (χ1v) is 6.98. The van der Waals surface area contributed by atoms with Gasteiger partial charge in [-0.1, -0.05) is 30.3 Å². The molecule has 1 N–H and O–H groups in total. The molecule has 2 heterocycles. The Hall–Kier alpha value is -2.80. The SMILES string of the molecule is N#Cc1cccc2c1NC(=O)C1c3ccccc3CCN21. The van der Waals surface area contributed by atoms with Crippen LogP contribution in [0.2, 0.25) is 0 Å². The molecule has 0 saturated carbocycles. The lowest BCUT2D eigenvalue weighted by Crippen LogP contribution is -2.45. The lowest BCUT2D eigenvalue weighted by atomic mass is 9.89. The zero-order valence-corrected chi connectivity index (χ0v) is 11.3. The largest absolute Gasteiger partial charge is 0.354 e. The molecule has 0 radical (unpaired) electrons. The topological polar surface area (TPSA) is 56.1 Å². The quantitative estimate of drug-likeness (QED) is 0.804. The summed E-state index contributed by atoms with van der Waals surface area (Å²) in [6, 6.07) is 15.5. The fraction of sp³-hybridized carbons (Fsp3) is 0.176. The van der Waals surface area contributed by atoms with E-state index in [1.165, 1.54) is 5.56 Å². The third-order valence-electron chi connectivity index (χ3n) is 4.25. The maximum atomic E-state index is 12.6. The van der Waals surface area contributed by atoms with Crippen LogP contribution in [-0.4, -0.2) is 12.5 Å². The van der Waals surface area contributed by atoms with Crippen molar-refractivity contribution in [1.29, 1.82) is 5.26 Å². The van der Waals surface area contributed by atoms with Crippen LogP contribution in [-0.2, 0) is 11.2 Å². The monoisotopic (exact) mass is 275 g/mol. The van der Waals surface area contributed by atoms with Gasteiger partial charge in [-0.05, 0) is 29.7 Å². The van der Waals surface area contributed by atoms with E-state index in [-0.39, 0.29) is 11.9 Å². The maximum Gasteiger partial charge on any atom is 0.251 e. The molecule has 0 fully saturated rings. The van der Waals surface area contributed by atoms with E-state index in [4.69, 9.17) is 0 Å². The molecule has 102 valence electrons. The highest BCUT2D eigenvalue weighted by atomic mass is 16.2. The van der Waals surface area contributed by atoms with Gasteiger partial charge < -0.3 is 10.2 Å². The van der Waals surface area contributed by atoms with Crippen molar-refractivity contribution in [3.63, 3.8) is 0 Å². The lowest BCUT2D eigenvalue weighted by molar-refractivity contribution is -0.117. The predicted molar refractivity (Wildman–Crippen MR) is 80.0 cm³/mol. The number of amides is 1. The zero-order chi connectivity index (χ0) is 14.4. The van der Waals surface area contributed by atoms with Crippen molar-refractivity contribution in [2.75, 3.05) is 16.8 Å². The van der Waals surface area contributed by atoms with Gasteiger partial charge in [0.2, 0.25) is 0 Å². The number of hydrogen-bond acceptors (Lipinski definition) is 3. The number of carbonyl (C=O) groups is 1. The number of rotatable bonds is 0. The molecule has 0 saturated heterocycles. The average Bonchev–Trinajstić information content (AvgIpc) is 2.54. The molecule has 0 bridgehead atoms. The Morgan fingerprint density at radius 2 is 2.05 bits per heavy atom. The predicted octanol–water partition coefficient (Wildman–Crippen LogP) is 2.61. The molecular formula is C17H13N3O. The summed E-state index contributed by atoms with van der Waals surface area (Å²) in [6.45, 7) is 0.789. The first-order valence-electron chi connectivity index (χ1n) is 6.98. The molecule has 0 spiro atoms. The summed E-state index contributed by atoms with van der Waals surface area (Å²) in [5, 5.41) is 12.1. The van der Waals surface area contributed by atoms with Crippen molar-refractivity contribution >= 4 is 17.3 Å². The number of benzene rings is 2. The fourth-order valence-electron chi connectivity index (χ4n) is 3.30. The van der Waals surface area contributed by atoms with Crippen LogP contribution in [0.25, 0.3) is 0 Å². The Labute approximate surface area is 122 Å². The minimum Gasteiger partial charge on any atom is -0.354 e. The van der Waals surface area contributed by atoms with E-state index in [1.54, 1.807) is 6.07 Å². The molecule has 4 nitrogen and oxygen atoms in total. The Bertz CT molecular complexity index is 791. The molecule has 2 aliphatic rings. The fourth-order valence-corrected chi connectivity index (χ4v) is 3.30. The molecule has 2 aromatic carbocycles. The van der Waals surface area contributed by atoms with Gasteiger partial charge in [0.05, 0.1) is 16.9 Å². The highest BCUT2D eigenvalue weighted by molar-refractivity contribution is 6.05. The summed E-state index contributed by atoms with van der Waals surface area (Å²) in [7, 11) is 0. The van der Waals surface area contributed by atoms with Gasteiger partial charge in [-0.25, -0.2) is 0 Å². The Morgan fingerprint density at radius 3 is 2.90 bits per heavy atom. The molecule has 0 aromatic heterocycles. The Kier molecular flexibility index (Phi) is 2.48. The van der Waals surface area contributed by atoms with E-state index in [1.807, 2.05) is 30.3 Å². The van der Waals surface area contributed by atoms with Crippen LogP contribution in [0.15, 0.2) is 42.5 Å². The number of fused-ring (bicyclic) bond motifs is 5. The zero-order valence-electron chi connectivity index (χ0n) is 11.3. The third-order valence-corrected chi connectivity index (χ3v) is 4.25. The van der Waals surface area contributed by atoms with Gasteiger partial charge in [0.25, 0.3) is 5.91 Å². The minimum atomic E-state index is -0.295. The van der Waals surface area contributed by atoms with Crippen LogP contribution >= 0.6 is 0 Å². The second-order valence-electron chi connectivity index (χ2n) is 5.35. The van der Waals surface area contributed by atoms with E-state index in [2.05, 4.69) is 22.4 Å². The van der Waals surface area contributed by atoms with Gasteiger partial charge in [-0.15, -0.1) is 0 Å². The highest BCUT2D eigenvalue weighted by Gasteiger charge is 2.38. The van der Waals surface area contributed by atoms with Crippen LogP contribution in [0.4, 0.5) is 11.4 Å². The van der Waals surface area contributed by atoms with Crippen LogP contribution in [0.5, 0.6) is 0 Å². The van der Waals surface area contributed by atoms with Gasteiger partial charge >= 0.3 is 0 Å². The van der Waals surface area contributed by atoms with E-state index >= 15 is 0 Å². The molecule has 0 aliphatic carbocycles. The molecular weight excluding hydrogens is 262 g/mol. The molecule has 2 aliphatic heterocycles. The molecule has 1 atom stereocenters. The van der Waals surface area contributed by atoms with Crippen molar-refractivity contribution in [3.8, 4) is 6.07 Å². The minimum absolute atomic E-state index is 0.0580. The maximum absolute atomic E-state index is 12.6. The summed E-state index contributed by atoms with van der Waals surface area (Å²) in [5.41, 5.74) is 4.38. The van der Waals surface area contributed by atoms with Crippen molar-refractivity contribution in [2.24, 2.45) is 0 Å². The number of para-hydroxylation sites is 1. The van der Waals surface area contributed by atoms with Crippen LogP contribution in [0.3, 0.4) is 0 Å². The first kappa shape index (κ1) is 12.0. The second kappa shape index (κ2) is 4.35. The van der Waals surface area contributed by atoms with Crippen molar-refractivity contribution < 1.29 is 4.79 Å². The molecule has 2 aromatic rings. The Balaban J connectivity index is 1.90. The standard InChI is InChI=1S/C17H13N3O/c18-10-12-5-3-7-14-15(12)19-17(21)16-13-6-2-1-4-11(13)8-9-20(14)16/h1-7,16H,8-9H2,(H,19,21). The second-order valence-corrected chi connectivity index (χ2v) is 5.35. The van der Waals surface area contributed by atoms with Gasteiger partial charge in [-0.3, -0.25) is 4.79 Å². The van der Waals surface area contributed by atoms with Gasteiger partial charge in [0.1, 0.15) is 12.1 Å². The van der Waals surface area contributed by atoms with Crippen LogP contribution < -0.4 is 10.2 Å². The third kappa shape index (κ3) is 1.64. The van der Waals surface area contributed by atoms with E-state index in [0.717, 1.165) is 24.2 Å². The molecule has 4 rings (SSSR count). The van der Waals surface area contributed by atoms with Crippen LogP contribution in [0, 0.1) is 11.3 Å². The number of carbonyl (C=O) groups excluding carboxylic acids is 1. The smallest absolute Gasteiger partial charge is 0.251 e. The summed E-state index contributed by atoms with van der Waals surface area (Å²) < 4.78 is 0. The molecule has 1 unspecified atom stereocenters. The number of nitriles is 1. The van der Waals surface area contributed by atoms with E-state index in [0.29, 0.717) is 11.3 Å². The van der Waals surface area contributed by atoms with E-state index in [9.17, 15) is 10.1 Å². The summed E-state index contributed by atoms with van der Waals surface area (Å²) in [6.07, 6.45) is 0.913. The summed E-state index contributed by atoms with van der Waals surface area (Å²) in [4.78, 5) is 14.7.